The van der Waals surface area contributed by atoms with Crippen LogP contribution in [0.3, 0.4) is 0 Å². The predicted octanol–water partition coefficient (Wildman–Crippen LogP) is 4.43. The molecule has 5 rings (SSSR count). The van der Waals surface area contributed by atoms with Crippen LogP contribution in [0.4, 0.5) is 10.5 Å². The first-order valence-electron chi connectivity index (χ1n) is 11.6. The number of hydrogen-bond donors (Lipinski definition) is 3. The summed E-state index contributed by atoms with van der Waals surface area (Å²) in [7, 11) is 0. The fraction of sp³-hybridized carbons (Fsp3) is 0.259. The van der Waals surface area contributed by atoms with Crippen molar-refractivity contribution in [3.8, 4) is 11.1 Å². The molecular weight excluding hydrogens is 446 g/mol. The van der Waals surface area contributed by atoms with Crippen LogP contribution in [0.15, 0.2) is 66.9 Å². The van der Waals surface area contributed by atoms with Gasteiger partial charge in [0, 0.05) is 12.0 Å². The van der Waals surface area contributed by atoms with Crippen molar-refractivity contribution >= 4 is 23.7 Å². The molecule has 0 saturated heterocycles. The smallest absolute Gasteiger partial charge is 0.411 e. The van der Waals surface area contributed by atoms with Gasteiger partial charge in [-0.15, -0.1) is 0 Å². The summed E-state index contributed by atoms with van der Waals surface area (Å²) < 4.78 is 5.53. The first kappa shape index (κ1) is 22.6. The average Bonchev–Trinajstić information content (AvgIpc) is 3.46. The summed E-state index contributed by atoms with van der Waals surface area (Å²) in [6.07, 6.45) is 2.39. The topological polar surface area (TPSA) is 118 Å². The minimum atomic E-state index is -0.830. The molecule has 3 aromatic rings. The highest BCUT2D eigenvalue weighted by Gasteiger charge is 2.31. The van der Waals surface area contributed by atoms with E-state index in [4.69, 9.17) is 9.84 Å². The standard InChI is InChI=1S/C27H25N3O5/c31-25(29-17-10-9-16(13-17)26(32)33)24-12-11-18(14-28-24)30-27(34)35-15-23-21-7-3-1-5-19(21)20-6-2-4-8-22(20)23/h1-8,11-12,14,16-17,23H,9-10,13,15H2,(H,29,31)(H,30,34)(H,32,33)/t16-,17+/m1/s1. The fourth-order valence-electron chi connectivity index (χ4n) is 4.95. The minimum Gasteiger partial charge on any atom is -0.481 e. The number of benzene rings is 2. The van der Waals surface area contributed by atoms with E-state index in [1.807, 2.05) is 24.3 Å². The van der Waals surface area contributed by atoms with Crippen molar-refractivity contribution in [2.45, 2.75) is 31.2 Å². The summed E-state index contributed by atoms with van der Waals surface area (Å²) in [5, 5.41) is 14.6. The van der Waals surface area contributed by atoms with Gasteiger partial charge in [-0.05, 0) is 53.6 Å². The molecule has 8 nitrogen and oxygen atoms in total. The molecule has 0 spiro atoms. The maximum absolute atomic E-state index is 12.4. The van der Waals surface area contributed by atoms with Crippen LogP contribution in [-0.4, -0.2) is 40.7 Å². The van der Waals surface area contributed by atoms with Gasteiger partial charge in [-0.2, -0.15) is 0 Å². The van der Waals surface area contributed by atoms with Crippen LogP contribution in [0.5, 0.6) is 0 Å². The Bertz CT molecular complexity index is 1230. The second kappa shape index (κ2) is 9.58. The number of nitrogens with zero attached hydrogens (tertiary/aromatic N) is 1. The summed E-state index contributed by atoms with van der Waals surface area (Å²) in [4.78, 5) is 40.1. The van der Waals surface area contributed by atoms with E-state index in [0.717, 1.165) is 22.3 Å². The maximum Gasteiger partial charge on any atom is 0.411 e. The molecule has 1 fully saturated rings. The lowest BCUT2D eigenvalue weighted by atomic mass is 9.98. The first-order chi connectivity index (χ1) is 17.0. The number of carbonyl (C=O) groups is 3. The van der Waals surface area contributed by atoms with Gasteiger partial charge in [0.25, 0.3) is 5.91 Å². The highest BCUT2D eigenvalue weighted by molar-refractivity contribution is 5.93. The number of fused-ring (bicyclic) bond motifs is 3. The summed E-state index contributed by atoms with van der Waals surface area (Å²) in [5.74, 6) is -1.65. The number of nitrogens with one attached hydrogen (secondary N) is 2. The molecule has 2 aliphatic carbocycles. The van der Waals surface area contributed by atoms with Crippen molar-refractivity contribution in [2.75, 3.05) is 11.9 Å². The van der Waals surface area contributed by atoms with Gasteiger partial charge in [0.1, 0.15) is 12.3 Å². The number of anilines is 1. The number of carbonyl (C=O) groups excluding carboxylic acids is 2. The quantitative estimate of drug-likeness (QED) is 0.490. The Morgan fingerprint density at radius 3 is 2.23 bits per heavy atom. The van der Waals surface area contributed by atoms with Crippen LogP contribution in [0.25, 0.3) is 11.1 Å². The molecule has 2 amide bonds. The molecule has 8 heteroatoms. The number of amides is 2. The predicted molar refractivity (Wildman–Crippen MR) is 129 cm³/mol. The van der Waals surface area contributed by atoms with Crippen LogP contribution in [0.2, 0.25) is 0 Å². The van der Waals surface area contributed by atoms with E-state index in [2.05, 4.69) is 39.9 Å². The molecule has 1 aromatic heterocycles. The first-order valence-corrected chi connectivity index (χ1v) is 11.6. The van der Waals surface area contributed by atoms with Gasteiger partial charge in [-0.25, -0.2) is 9.78 Å². The molecule has 3 N–H and O–H groups in total. The normalized spacial score (nSPS) is 18.4. The lowest BCUT2D eigenvalue weighted by Crippen LogP contribution is -2.33. The average molecular weight is 472 g/mol. The molecule has 1 saturated carbocycles. The number of hydrogen-bond acceptors (Lipinski definition) is 5. The van der Waals surface area contributed by atoms with E-state index in [9.17, 15) is 14.4 Å². The van der Waals surface area contributed by atoms with E-state index in [1.165, 1.54) is 12.3 Å². The summed E-state index contributed by atoms with van der Waals surface area (Å²) in [6.45, 7) is 0.201. The number of pyridine rings is 1. The lowest BCUT2D eigenvalue weighted by Gasteiger charge is -2.15. The third kappa shape index (κ3) is 4.73. The Kier molecular flexibility index (Phi) is 6.18. The van der Waals surface area contributed by atoms with Gasteiger partial charge in [-0.1, -0.05) is 48.5 Å². The molecule has 0 bridgehead atoms. The van der Waals surface area contributed by atoms with Crippen molar-refractivity contribution in [2.24, 2.45) is 5.92 Å². The van der Waals surface area contributed by atoms with Gasteiger partial charge in [0.15, 0.2) is 0 Å². The SMILES string of the molecule is O=C(Nc1ccc(C(=O)N[C@H]2CC[C@@H](C(=O)O)C2)nc1)OCC1c2ccccc2-c2ccccc21. The largest absolute Gasteiger partial charge is 0.481 e. The number of carboxylic acids is 1. The third-order valence-corrected chi connectivity index (χ3v) is 6.70. The summed E-state index contributed by atoms with van der Waals surface area (Å²) in [6, 6.07) is 19.2. The van der Waals surface area contributed by atoms with Crippen LogP contribution >= 0.6 is 0 Å². The molecular formula is C27H25N3O5. The second-order valence-corrected chi connectivity index (χ2v) is 8.90. The Labute approximate surface area is 202 Å². The maximum atomic E-state index is 12.4. The zero-order valence-electron chi connectivity index (χ0n) is 18.9. The zero-order chi connectivity index (χ0) is 24.4. The molecule has 2 aromatic carbocycles. The van der Waals surface area contributed by atoms with E-state index >= 15 is 0 Å². The highest BCUT2D eigenvalue weighted by Crippen LogP contribution is 2.44. The van der Waals surface area contributed by atoms with Crippen molar-refractivity contribution in [1.82, 2.24) is 10.3 Å². The van der Waals surface area contributed by atoms with E-state index in [-0.39, 0.29) is 30.2 Å². The van der Waals surface area contributed by atoms with Gasteiger partial charge < -0.3 is 15.2 Å². The zero-order valence-corrected chi connectivity index (χ0v) is 18.9. The Hall–Kier alpha value is -4.20. The van der Waals surface area contributed by atoms with Crippen LogP contribution in [0.1, 0.15) is 46.8 Å². The Morgan fingerprint density at radius 1 is 0.943 bits per heavy atom. The third-order valence-electron chi connectivity index (χ3n) is 6.70. The van der Waals surface area contributed by atoms with E-state index < -0.39 is 18.0 Å². The second-order valence-electron chi connectivity index (χ2n) is 8.90. The molecule has 35 heavy (non-hydrogen) atoms. The number of carboxylic acid groups (broad SMARTS) is 1. The molecule has 0 radical (unpaired) electrons. The highest BCUT2D eigenvalue weighted by atomic mass is 16.5. The van der Waals surface area contributed by atoms with Crippen molar-refractivity contribution in [3.05, 3.63) is 83.7 Å². The number of rotatable bonds is 6. The van der Waals surface area contributed by atoms with Crippen molar-refractivity contribution in [3.63, 3.8) is 0 Å². The van der Waals surface area contributed by atoms with Crippen molar-refractivity contribution < 1.29 is 24.2 Å². The molecule has 2 aliphatic rings. The van der Waals surface area contributed by atoms with Gasteiger partial charge in [-0.3, -0.25) is 14.9 Å². The van der Waals surface area contributed by atoms with E-state index in [0.29, 0.717) is 24.9 Å². The van der Waals surface area contributed by atoms with Crippen LogP contribution in [0, 0.1) is 5.92 Å². The number of ether oxygens (including phenoxy) is 1. The Balaban J connectivity index is 1.16. The Morgan fingerprint density at radius 2 is 1.63 bits per heavy atom. The monoisotopic (exact) mass is 471 g/mol. The van der Waals surface area contributed by atoms with Gasteiger partial charge in [0.05, 0.1) is 17.8 Å². The van der Waals surface area contributed by atoms with E-state index in [1.54, 1.807) is 6.07 Å². The summed E-state index contributed by atoms with van der Waals surface area (Å²) in [5.41, 5.74) is 5.19. The van der Waals surface area contributed by atoms with Crippen LogP contribution in [-0.2, 0) is 9.53 Å². The van der Waals surface area contributed by atoms with Gasteiger partial charge in [0.2, 0.25) is 0 Å². The van der Waals surface area contributed by atoms with Gasteiger partial charge >= 0.3 is 12.1 Å². The number of aliphatic carboxylic acids is 1. The molecule has 0 unspecified atom stereocenters. The lowest BCUT2D eigenvalue weighted by molar-refractivity contribution is -0.141. The molecule has 178 valence electrons. The summed E-state index contributed by atoms with van der Waals surface area (Å²) >= 11 is 0. The molecule has 1 heterocycles. The van der Waals surface area contributed by atoms with Crippen LogP contribution < -0.4 is 10.6 Å². The fourth-order valence-corrected chi connectivity index (χ4v) is 4.95. The number of aromatic nitrogens is 1. The molecule has 2 atom stereocenters. The minimum absolute atomic E-state index is 0.0336. The molecule has 0 aliphatic heterocycles. The van der Waals surface area contributed by atoms with Crippen molar-refractivity contribution in [1.29, 1.82) is 0 Å².